The molecule has 0 bridgehead atoms. The van der Waals surface area contributed by atoms with Gasteiger partial charge in [0.05, 0.1) is 5.25 Å². The van der Waals surface area contributed by atoms with E-state index in [1.165, 1.54) is 17.7 Å². The minimum absolute atomic E-state index is 0.0404. The van der Waals surface area contributed by atoms with Gasteiger partial charge in [-0.25, -0.2) is 4.39 Å². The monoisotopic (exact) mass is 381 g/mol. The number of rotatable bonds is 6. The molecule has 1 unspecified atom stereocenters. The topological polar surface area (TPSA) is 29.1 Å². The fraction of sp³-hybridized carbons (Fsp3) is 0.235. The van der Waals surface area contributed by atoms with Crippen LogP contribution in [0.25, 0.3) is 0 Å². The third-order valence-electron chi connectivity index (χ3n) is 3.10. The molecule has 1 N–H and O–H groups in total. The first-order valence-corrected chi connectivity index (χ1v) is 8.77. The van der Waals surface area contributed by atoms with E-state index in [2.05, 4.69) is 21.2 Å². The average molecular weight is 382 g/mol. The predicted octanol–water partition coefficient (Wildman–Crippen LogP) is 4.53. The second-order valence-corrected chi connectivity index (χ2v) is 7.18. The Hall–Kier alpha value is -1.33. The Balaban J connectivity index is 1.81. The van der Waals surface area contributed by atoms with Crippen LogP contribution in [-0.4, -0.2) is 11.2 Å². The molecule has 116 valence electrons. The molecule has 0 aliphatic rings. The summed E-state index contributed by atoms with van der Waals surface area (Å²) in [6.45, 7) is 2.20. The number of amides is 1. The van der Waals surface area contributed by atoms with E-state index in [-0.39, 0.29) is 17.0 Å². The van der Waals surface area contributed by atoms with E-state index in [0.29, 0.717) is 11.0 Å². The lowest BCUT2D eigenvalue weighted by molar-refractivity contribution is -0.120. The molecule has 0 aliphatic carbocycles. The number of thioether (sulfide) groups is 1. The first kappa shape index (κ1) is 17.0. The molecule has 0 aliphatic heterocycles. The first-order valence-electron chi connectivity index (χ1n) is 6.93. The van der Waals surface area contributed by atoms with Crippen molar-refractivity contribution in [2.24, 2.45) is 0 Å². The molecule has 22 heavy (non-hydrogen) atoms. The molecule has 0 spiro atoms. The molecule has 2 aromatic carbocycles. The smallest absolute Gasteiger partial charge is 0.233 e. The standard InChI is InChI=1S/C17H17BrFNOS/c1-12(22-11-13-5-3-2-4-6-13)17(21)20-10-14-7-15(18)9-16(19)8-14/h2-9,12H,10-11H2,1H3,(H,20,21). The Bertz CT molecular complexity index is 616. The van der Waals surface area contributed by atoms with Crippen LogP contribution >= 0.6 is 27.7 Å². The van der Waals surface area contributed by atoms with Crippen LogP contribution in [0.3, 0.4) is 0 Å². The molecule has 0 saturated carbocycles. The number of carbonyl (C=O) groups is 1. The highest BCUT2D eigenvalue weighted by Gasteiger charge is 2.13. The van der Waals surface area contributed by atoms with Crippen molar-refractivity contribution >= 4 is 33.6 Å². The van der Waals surface area contributed by atoms with Crippen molar-refractivity contribution < 1.29 is 9.18 Å². The van der Waals surface area contributed by atoms with Gasteiger partial charge in [0.1, 0.15) is 5.82 Å². The molecule has 2 aromatic rings. The average Bonchev–Trinajstić information content (AvgIpc) is 2.50. The van der Waals surface area contributed by atoms with Gasteiger partial charge in [-0.1, -0.05) is 46.3 Å². The third-order valence-corrected chi connectivity index (χ3v) is 4.77. The van der Waals surface area contributed by atoms with Crippen LogP contribution in [-0.2, 0) is 17.1 Å². The van der Waals surface area contributed by atoms with Gasteiger partial charge in [-0.15, -0.1) is 11.8 Å². The highest BCUT2D eigenvalue weighted by molar-refractivity contribution is 9.10. The quantitative estimate of drug-likeness (QED) is 0.796. The molecule has 0 heterocycles. The molecular formula is C17H17BrFNOS. The van der Waals surface area contributed by atoms with Crippen molar-refractivity contribution in [1.82, 2.24) is 5.32 Å². The number of hydrogen-bond donors (Lipinski definition) is 1. The fourth-order valence-electron chi connectivity index (χ4n) is 1.92. The molecule has 0 saturated heterocycles. The number of hydrogen-bond acceptors (Lipinski definition) is 2. The van der Waals surface area contributed by atoms with Gasteiger partial charge in [-0.2, -0.15) is 0 Å². The summed E-state index contributed by atoms with van der Waals surface area (Å²) in [6, 6.07) is 14.7. The Morgan fingerprint density at radius 3 is 2.64 bits per heavy atom. The summed E-state index contributed by atoms with van der Waals surface area (Å²) in [5, 5.41) is 2.69. The first-order chi connectivity index (χ1) is 10.5. The fourth-order valence-corrected chi connectivity index (χ4v) is 3.30. The summed E-state index contributed by atoms with van der Waals surface area (Å²) in [4.78, 5) is 12.1. The third kappa shape index (κ3) is 5.46. The van der Waals surface area contributed by atoms with Gasteiger partial charge in [-0.05, 0) is 36.2 Å². The van der Waals surface area contributed by atoms with Gasteiger partial charge in [0.25, 0.3) is 0 Å². The Morgan fingerprint density at radius 2 is 1.95 bits per heavy atom. The number of nitrogens with one attached hydrogen (secondary N) is 1. The van der Waals surface area contributed by atoms with E-state index < -0.39 is 0 Å². The lowest BCUT2D eigenvalue weighted by Crippen LogP contribution is -2.30. The van der Waals surface area contributed by atoms with Gasteiger partial charge in [0.15, 0.2) is 0 Å². The Morgan fingerprint density at radius 1 is 1.23 bits per heavy atom. The van der Waals surface area contributed by atoms with Crippen molar-refractivity contribution in [3.8, 4) is 0 Å². The SMILES string of the molecule is CC(SCc1ccccc1)C(=O)NCc1cc(F)cc(Br)c1. The maximum absolute atomic E-state index is 13.3. The molecule has 2 rings (SSSR count). The summed E-state index contributed by atoms with van der Waals surface area (Å²) in [6.07, 6.45) is 0. The molecule has 2 nitrogen and oxygen atoms in total. The lowest BCUT2D eigenvalue weighted by atomic mass is 10.2. The summed E-state index contributed by atoms with van der Waals surface area (Å²) in [7, 11) is 0. The van der Waals surface area contributed by atoms with Crippen molar-refractivity contribution in [3.05, 3.63) is 69.9 Å². The van der Waals surface area contributed by atoms with Crippen LogP contribution in [0, 0.1) is 5.82 Å². The summed E-state index contributed by atoms with van der Waals surface area (Å²) in [5.74, 6) is 0.437. The van der Waals surface area contributed by atoms with Crippen LogP contribution in [0.5, 0.6) is 0 Å². The minimum Gasteiger partial charge on any atom is -0.351 e. The van der Waals surface area contributed by atoms with E-state index in [1.54, 1.807) is 17.8 Å². The van der Waals surface area contributed by atoms with Crippen molar-refractivity contribution in [1.29, 1.82) is 0 Å². The molecule has 0 radical (unpaired) electrons. The number of halogens is 2. The summed E-state index contributed by atoms with van der Waals surface area (Å²) < 4.78 is 13.9. The Kier molecular flexibility index (Phi) is 6.46. The van der Waals surface area contributed by atoms with Crippen LogP contribution in [0.4, 0.5) is 4.39 Å². The van der Waals surface area contributed by atoms with E-state index in [9.17, 15) is 9.18 Å². The van der Waals surface area contributed by atoms with Gasteiger partial charge in [0, 0.05) is 16.8 Å². The molecule has 0 aromatic heterocycles. The zero-order valence-corrected chi connectivity index (χ0v) is 14.6. The normalized spacial score (nSPS) is 12.0. The second kappa shape index (κ2) is 8.34. The maximum Gasteiger partial charge on any atom is 0.233 e. The minimum atomic E-state index is -0.315. The maximum atomic E-state index is 13.3. The van der Waals surface area contributed by atoms with Crippen LogP contribution in [0.2, 0.25) is 0 Å². The highest BCUT2D eigenvalue weighted by Crippen LogP contribution is 2.18. The van der Waals surface area contributed by atoms with Crippen molar-refractivity contribution in [2.45, 2.75) is 24.5 Å². The van der Waals surface area contributed by atoms with Gasteiger partial charge in [0.2, 0.25) is 5.91 Å². The van der Waals surface area contributed by atoms with E-state index in [4.69, 9.17) is 0 Å². The van der Waals surface area contributed by atoms with Gasteiger partial charge < -0.3 is 5.32 Å². The van der Waals surface area contributed by atoms with E-state index in [1.807, 2.05) is 37.3 Å². The van der Waals surface area contributed by atoms with E-state index >= 15 is 0 Å². The van der Waals surface area contributed by atoms with E-state index in [0.717, 1.165) is 11.3 Å². The van der Waals surface area contributed by atoms with Crippen LogP contribution < -0.4 is 5.32 Å². The van der Waals surface area contributed by atoms with Gasteiger partial charge in [-0.3, -0.25) is 4.79 Å². The van der Waals surface area contributed by atoms with Crippen LogP contribution in [0.15, 0.2) is 53.0 Å². The molecule has 5 heteroatoms. The molecule has 1 amide bonds. The zero-order valence-electron chi connectivity index (χ0n) is 12.2. The summed E-state index contributed by atoms with van der Waals surface area (Å²) >= 11 is 4.83. The Labute approximate surface area is 142 Å². The molecule has 0 fully saturated rings. The zero-order chi connectivity index (χ0) is 15.9. The molecular weight excluding hydrogens is 365 g/mol. The second-order valence-electron chi connectivity index (χ2n) is 4.93. The van der Waals surface area contributed by atoms with Crippen molar-refractivity contribution in [3.63, 3.8) is 0 Å². The number of benzene rings is 2. The summed E-state index contributed by atoms with van der Waals surface area (Å²) in [5.41, 5.74) is 1.93. The number of carbonyl (C=O) groups excluding carboxylic acids is 1. The molecule has 1 atom stereocenters. The lowest BCUT2D eigenvalue weighted by Gasteiger charge is -2.12. The van der Waals surface area contributed by atoms with Crippen LogP contribution in [0.1, 0.15) is 18.1 Å². The van der Waals surface area contributed by atoms with Gasteiger partial charge >= 0.3 is 0 Å². The predicted molar refractivity (Wildman–Crippen MR) is 93.1 cm³/mol. The largest absolute Gasteiger partial charge is 0.351 e. The highest BCUT2D eigenvalue weighted by atomic mass is 79.9. The van der Waals surface area contributed by atoms with Crippen molar-refractivity contribution in [2.75, 3.05) is 0 Å².